The van der Waals surface area contributed by atoms with Crippen molar-refractivity contribution in [2.75, 3.05) is 0 Å². The molecule has 0 aliphatic carbocycles. The average molecular weight is 231 g/mol. The minimum Gasteiger partial charge on any atom is -0.294 e. The van der Waals surface area contributed by atoms with Crippen LogP contribution in [0.2, 0.25) is 0 Å². The zero-order valence-corrected chi connectivity index (χ0v) is 8.07. The Morgan fingerprint density at radius 1 is 1.25 bits per heavy atom. The van der Waals surface area contributed by atoms with E-state index in [1.165, 1.54) is 24.3 Å². The van der Waals surface area contributed by atoms with E-state index in [1.54, 1.807) is 6.07 Å². The highest BCUT2D eigenvalue weighted by molar-refractivity contribution is 5.96. The molecule has 0 saturated carbocycles. The summed E-state index contributed by atoms with van der Waals surface area (Å²) in [6, 6.07) is 5.01. The van der Waals surface area contributed by atoms with Gasteiger partial charge >= 0.3 is 6.18 Å². The van der Waals surface area contributed by atoms with Gasteiger partial charge in [-0.2, -0.15) is 18.1 Å². The molecule has 0 bridgehead atoms. The van der Waals surface area contributed by atoms with Crippen molar-refractivity contribution >= 4 is 5.78 Å². The normalized spacial score (nSPS) is 13.2. The lowest BCUT2D eigenvalue weighted by Crippen LogP contribution is -2.29. The highest BCUT2D eigenvalue weighted by Gasteiger charge is 2.42. The molecular weight excluding hydrogens is 223 g/mol. The lowest BCUT2D eigenvalue weighted by atomic mass is 10.0. The van der Waals surface area contributed by atoms with Crippen LogP contribution in [0.25, 0.3) is 0 Å². The van der Waals surface area contributed by atoms with Gasteiger partial charge in [0.2, 0.25) is 0 Å². The fourth-order valence-corrected chi connectivity index (χ4v) is 1.13. The van der Waals surface area contributed by atoms with Gasteiger partial charge < -0.3 is 0 Å². The third-order valence-electron chi connectivity index (χ3n) is 1.98. The van der Waals surface area contributed by atoms with Crippen molar-refractivity contribution < 1.29 is 18.0 Å². The van der Waals surface area contributed by atoms with E-state index in [2.05, 4.69) is 0 Å². The van der Waals surface area contributed by atoms with E-state index in [-0.39, 0.29) is 5.56 Å². The van der Waals surface area contributed by atoms with Crippen molar-refractivity contribution in [3.05, 3.63) is 40.8 Å². The first-order chi connectivity index (χ1) is 7.45. The molecule has 6 heteroatoms. The second-order valence-electron chi connectivity index (χ2n) is 3.16. The first-order valence-corrected chi connectivity index (χ1v) is 4.42. The van der Waals surface area contributed by atoms with Crippen LogP contribution in [0, 0.1) is 4.91 Å². The quantitative estimate of drug-likeness (QED) is 0.590. The number of ketones is 1. The summed E-state index contributed by atoms with van der Waals surface area (Å²) in [5.41, 5.74) is 0.139. The van der Waals surface area contributed by atoms with Crippen molar-refractivity contribution in [2.45, 2.75) is 18.6 Å². The molecule has 0 aromatic heterocycles. The van der Waals surface area contributed by atoms with E-state index >= 15 is 0 Å². The number of nitrogens with zero attached hydrogens (tertiary/aromatic N) is 1. The average Bonchev–Trinajstić information content (AvgIpc) is 2.25. The number of nitroso groups, excluding NO2 is 1. The monoisotopic (exact) mass is 231 g/mol. The summed E-state index contributed by atoms with van der Waals surface area (Å²) >= 11 is 0. The maximum Gasteiger partial charge on any atom is 0.414 e. The van der Waals surface area contributed by atoms with E-state index in [0.29, 0.717) is 0 Å². The minimum atomic E-state index is -4.77. The summed E-state index contributed by atoms with van der Waals surface area (Å²) in [5.74, 6) is -0.748. The third-order valence-corrected chi connectivity index (χ3v) is 1.98. The summed E-state index contributed by atoms with van der Waals surface area (Å²) < 4.78 is 36.5. The molecule has 3 nitrogen and oxygen atoms in total. The summed E-state index contributed by atoms with van der Waals surface area (Å²) in [6.45, 7) is 0. The molecule has 0 radical (unpaired) electrons. The molecule has 16 heavy (non-hydrogen) atoms. The fraction of sp³-hybridized carbons (Fsp3) is 0.300. The summed E-state index contributed by atoms with van der Waals surface area (Å²) in [4.78, 5) is 21.4. The van der Waals surface area contributed by atoms with E-state index in [1.807, 2.05) is 5.18 Å². The Labute approximate surface area is 89.2 Å². The maximum absolute atomic E-state index is 12.2. The standard InChI is InChI=1S/C10H8F3NO2/c11-10(12,13)9(14-16)6-8(15)7-4-2-1-3-5-7/h1-5,9H,6H2. The van der Waals surface area contributed by atoms with Crippen LogP contribution in [0.15, 0.2) is 35.5 Å². The topological polar surface area (TPSA) is 46.5 Å². The number of hydrogen-bond acceptors (Lipinski definition) is 3. The highest BCUT2D eigenvalue weighted by atomic mass is 19.4. The number of alkyl halides is 3. The molecule has 1 atom stereocenters. The molecule has 0 saturated heterocycles. The fourth-order valence-electron chi connectivity index (χ4n) is 1.13. The van der Waals surface area contributed by atoms with Gasteiger partial charge in [-0.05, 0) is 0 Å². The lowest BCUT2D eigenvalue weighted by molar-refractivity contribution is -0.146. The molecule has 1 aromatic carbocycles. The molecule has 0 N–H and O–H groups in total. The van der Waals surface area contributed by atoms with Crippen molar-refractivity contribution in [3.63, 3.8) is 0 Å². The summed E-state index contributed by atoms with van der Waals surface area (Å²) in [6.07, 6.45) is -5.72. The van der Waals surface area contributed by atoms with Gasteiger partial charge in [0.05, 0.1) is 0 Å². The maximum atomic E-state index is 12.2. The zero-order valence-electron chi connectivity index (χ0n) is 8.07. The van der Waals surface area contributed by atoms with Crippen LogP contribution in [-0.4, -0.2) is 18.0 Å². The molecule has 1 unspecified atom stereocenters. The Hall–Kier alpha value is -1.72. The minimum absolute atomic E-state index is 0.139. The van der Waals surface area contributed by atoms with Crippen LogP contribution >= 0.6 is 0 Å². The van der Waals surface area contributed by atoms with Crippen LogP contribution in [-0.2, 0) is 0 Å². The Kier molecular flexibility index (Phi) is 3.76. The number of carbonyl (C=O) groups is 1. The molecule has 0 amide bonds. The number of rotatable bonds is 4. The Balaban J connectivity index is 2.75. The van der Waals surface area contributed by atoms with E-state index in [0.717, 1.165) is 0 Å². The third kappa shape index (κ3) is 3.15. The molecule has 86 valence electrons. The van der Waals surface area contributed by atoms with Gasteiger partial charge in [0.25, 0.3) is 0 Å². The number of halogens is 3. The van der Waals surface area contributed by atoms with Gasteiger partial charge in [0.15, 0.2) is 11.8 Å². The molecular formula is C10H8F3NO2. The van der Waals surface area contributed by atoms with Gasteiger partial charge in [-0.25, -0.2) is 0 Å². The van der Waals surface area contributed by atoms with Gasteiger partial charge in [0, 0.05) is 12.0 Å². The van der Waals surface area contributed by atoms with Crippen molar-refractivity contribution in [1.82, 2.24) is 0 Å². The molecule has 0 aliphatic rings. The predicted octanol–water partition coefficient (Wildman–Crippen LogP) is 2.96. The molecule has 0 heterocycles. The number of benzene rings is 1. The van der Waals surface area contributed by atoms with E-state index in [9.17, 15) is 22.9 Å². The van der Waals surface area contributed by atoms with Crippen molar-refractivity contribution in [2.24, 2.45) is 5.18 Å². The van der Waals surface area contributed by atoms with Crippen LogP contribution < -0.4 is 0 Å². The number of hydrogen-bond donors (Lipinski definition) is 0. The number of Topliss-reactive ketones (excluding diaryl/α,β-unsaturated/α-hetero) is 1. The van der Waals surface area contributed by atoms with Crippen LogP contribution in [0.1, 0.15) is 16.8 Å². The van der Waals surface area contributed by atoms with Gasteiger partial charge in [-0.1, -0.05) is 35.5 Å². The Morgan fingerprint density at radius 3 is 2.25 bits per heavy atom. The van der Waals surface area contributed by atoms with Gasteiger partial charge in [-0.15, -0.1) is 0 Å². The largest absolute Gasteiger partial charge is 0.414 e. The van der Waals surface area contributed by atoms with E-state index in [4.69, 9.17) is 0 Å². The predicted molar refractivity (Wildman–Crippen MR) is 51.0 cm³/mol. The molecule has 0 aliphatic heterocycles. The summed E-state index contributed by atoms with van der Waals surface area (Å²) in [5, 5.41) is 1.93. The van der Waals surface area contributed by atoms with Crippen LogP contribution in [0.5, 0.6) is 0 Å². The first-order valence-electron chi connectivity index (χ1n) is 4.42. The molecule has 1 aromatic rings. The Bertz CT molecular complexity index is 375. The van der Waals surface area contributed by atoms with E-state index < -0.39 is 24.4 Å². The molecule has 1 rings (SSSR count). The summed E-state index contributed by atoms with van der Waals surface area (Å²) in [7, 11) is 0. The second-order valence-corrected chi connectivity index (χ2v) is 3.16. The zero-order chi connectivity index (χ0) is 12.2. The van der Waals surface area contributed by atoms with Crippen molar-refractivity contribution in [1.29, 1.82) is 0 Å². The second kappa shape index (κ2) is 4.87. The molecule has 0 spiro atoms. The lowest BCUT2D eigenvalue weighted by Gasteiger charge is -2.11. The van der Waals surface area contributed by atoms with Crippen LogP contribution in [0.4, 0.5) is 13.2 Å². The highest BCUT2D eigenvalue weighted by Crippen LogP contribution is 2.26. The van der Waals surface area contributed by atoms with Crippen molar-refractivity contribution in [3.8, 4) is 0 Å². The SMILES string of the molecule is O=NC(CC(=O)c1ccccc1)C(F)(F)F. The number of carbonyl (C=O) groups excluding carboxylic acids is 1. The molecule has 0 fully saturated rings. The Morgan fingerprint density at radius 2 is 1.81 bits per heavy atom. The van der Waals surface area contributed by atoms with Gasteiger partial charge in [-0.3, -0.25) is 4.79 Å². The smallest absolute Gasteiger partial charge is 0.294 e. The van der Waals surface area contributed by atoms with Gasteiger partial charge in [0.1, 0.15) is 0 Å². The van der Waals surface area contributed by atoms with Crippen LogP contribution in [0.3, 0.4) is 0 Å². The first kappa shape index (κ1) is 12.4.